The SMILES string of the molecule is c1ccc(Cc2ccccc2OCCOCC[NH+]2CCOCC2)cc1. The Bertz CT molecular complexity index is 612. The first-order valence-corrected chi connectivity index (χ1v) is 9.15. The van der Waals surface area contributed by atoms with Crippen molar-refractivity contribution in [2.45, 2.75) is 6.42 Å². The maximum atomic E-state index is 5.95. The molecule has 1 saturated heterocycles. The summed E-state index contributed by atoms with van der Waals surface area (Å²) in [4.78, 5) is 1.57. The van der Waals surface area contributed by atoms with E-state index in [1.54, 1.807) is 4.90 Å². The molecule has 2 aromatic rings. The van der Waals surface area contributed by atoms with Gasteiger partial charge in [0.25, 0.3) is 0 Å². The number of ether oxygens (including phenoxy) is 3. The van der Waals surface area contributed by atoms with Gasteiger partial charge in [0.15, 0.2) is 0 Å². The van der Waals surface area contributed by atoms with Crippen LogP contribution in [0.25, 0.3) is 0 Å². The molecule has 0 radical (unpaired) electrons. The van der Waals surface area contributed by atoms with Crippen molar-refractivity contribution in [3.8, 4) is 5.75 Å². The van der Waals surface area contributed by atoms with E-state index in [9.17, 15) is 0 Å². The van der Waals surface area contributed by atoms with Crippen LogP contribution in [0.4, 0.5) is 0 Å². The molecule has 0 aliphatic carbocycles. The third-order valence-corrected chi connectivity index (χ3v) is 4.50. The molecule has 1 aliphatic heterocycles. The molecule has 1 fully saturated rings. The van der Waals surface area contributed by atoms with Gasteiger partial charge in [0.1, 0.15) is 32.0 Å². The fourth-order valence-corrected chi connectivity index (χ4v) is 3.05. The van der Waals surface area contributed by atoms with E-state index in [1.165, 1.54) is 11.1 Å². The molecule has 0 atom stereocenters. The fourth-order valence-electron chi connectivity index (χ4n) is 3.05. The number of hydrogen-bond donors (Lipinski definition) is 1. The molecule has 0 unspecified atom stereocenters. The molecule has 2 aromatic carbocycles. The zero-order valence-electron chi connectivity index (χ0n) is 14.8. The molecule has 1 N–H and O–H groups in total. The average molecular weight is 342 g/mol. The molecule has 0 bridgehead atoms. The Labute approximate surface area is 150 Å². The third kappa shape index (κ3) is 6.16. The molecular weight excluding hydrogens is 314 g/mol. The second-order valence-electron chi connectivity index (χ2n) is 6.34. The standard InChI is InChI=1S/C21H27NO3/c1-2-6-19(7-3-1)18-20-8-4-5-9-21(20)25-17-16-24-15-12-22-10-13-23-14-11-22/h1-9H,10-18H2/p+1. The summed E-state index contributed by atoms with van der Waals surface area (Å²) in [6.07, 6.45) is 0.887. The predicted octanol–water partition coefficient (Wildman–Crippen LogP) is 1.59. The second kappa shape index (κ2) is 10.2. The molecule has 25 heavy (non-hydrogen) atoms. The van der Waals surface area contributed by atoms with Gasteiger partial charge in [0.05, 0.1) is 26.4 Å². The van der Waals surface area contributed by atoms with Crippen molar-refractivity contribution in [3.63, 3.8) is 0 Å². The Morgan fingerprint density at radius 1 is 0.840 bits per heavy atom. The van der Waals surface area contributed by atoms with Crippen molar-refractivity contribution in [2.75, 3.05) is 52.7 Å². The Kier molecular flexibility index (Phi) is 7.31. The summed E-state index contributed by atoms with van der Waals surface area (Å²) in [5, 5.41) is 0. The smallest absolute Gasteiger partial charge is 0.122 e. The molecule has 0 amide bonds. The Morgan fingerprint density at radius 2 is 1.60 bits per heavy atom. The van der Waals surface area contributed by atoms with E-state index in [0.717, 1.165) is 51.6 Å². The van der Waals surface area contributed by atoms with Crippen LogP contribution in [0.3, 0.4) is 0 Å². The highest BCUT2D eigenvalue weighted by Gasteiger charge is 2.12. The lowest BCUT2D eigenvalue weighted by atomic mass is 10.0. The van der Waals surface area contributed by atoms with Crippen molar-refractivity contribution in [1.82, 2.24) is 0 Å². The molecule has 4 heteroatoms. The van der Waals surface area contributed by atoms with E-state index in [-0.39, 0.29) is 0 Å². The summed E-state index contributed by atoms with van der Waals surface area (Å²) in [6.45, 7) is 6.97. The van der Waals surface area contributed by atoms with Gasteiger partial charge in [-0.15, -0.1) is 0 Å². The van der Waals surface area contributed by atoms with Crippen LogP contribution in [-0.2, 0) is 15.9 Å². The minimum Gasteiger partial charge on any atom is -0.491 e. The number of nitrogens with one attached hydrogen (secondary N) is 1. The van der Waals surface area contributed by atoms with Gasteiger partial charge in [-0.05, 0) is 17.2 Å². The van der Waals surface area contributed by atoms with Gasteiger partial charge in [-0.2, -0.15) is 0 Å². The van der Waals surface area contributed by atoms with Crippen LogP contribution in [-0.4, -0.2) is 52.7 Å². The molecule has 1 aliphatic rings. The van der Waals surface area contributed by atoms with Gasteiger partial charge >= 0.3 is 0 Å². The highest BCUT2D eigenvalue weighted by Crippen LogP contribution is 2.21. The fraction of sp³-hybridized carbons (Fsp3) is 0.429. The second-order valence-corrected chi connectivity index (χ2v) is 6.34. The number of benzene rings is 2. The Balaban J connectivity index is 1.38. The number of para-hydroxylation sites is 1. The first-order chi connectivity index (χ1) is 12.4. The number of rotatable bonds is 9. The quantitative estimate of drug-likeness (QED) is 0.703. The van der Waals surface area contributed by atoms with Gasteiger partial charge in [-0.25, -0.2) is 0 Å². The molecule has 4 nitrogen and oxygen atoms in total. The van der Waals surface area contributed by atoms with Gasteiger partial charge in [0.2, 0.25) is 0 Å². The molecule has 134 valence electrons. The Morgan fingerprint density at radius 3 is 2.44 bits per heavy atom. The Hall–Kier alpha value is -1.88. The predicted molar refractivity (Wildman–Crippen MR) is 98.4 cm³/mol. The molecule has 0 aromatic heterocycles. The summed E-state index contributed by atoms with van der Waals surface area (Å²) < 4.78 is 17.0. The van der Waals surface area contributed by atoms with Crippen molar-refractivity contribution in [2.24, 2.45) is 0 Å². The maximum absolute atomic E-state index is 5.95. The van der Waals surface area contributed by atoms with E-state index in [4.69, 9.17) is 14.2 Å². The van der Waals surface area contributed by atoms with E-state index in [2.05, 4.69) is 36.4 Å². The van der Waals surface area contributed by atoms with Crippen LogP contribution >= 0.6 is 0 Å². The summed E-state index contributed by atoms with van der Waals surface area (Å²) in [6, 6.07) is 18.7. The average Bonchev–Trinajstić information content (AvgIpc) is 2.67. The molecule has 0 saturated carbocycles. The lowest BCUT2D eigenvalue weighted by Gasteiger charge is -2.23. The highest BCUT2D eigenvalue weighted by molar-refractivity contribution is 5.37. The van der Waals surface area contributed by atoms with Crippen LogP contribution in [0.15, 0.2) is 54.6 Å². The maximum Gasteiger partial charge on any atom is 0.122 e. The van der Waals surface area contributed by atoms with E-state index < -0.39 is 0 Å². The first-order valence-electron chi connectivity index (χ1n) is 9.15. The zero-order chi connectivity index (χ0) is 17.2. The largest absolute Gasteiger partial charge is 0.491 e. The summed E-state index contributed by atoms with van der Waals surface area (Å²) in [5.41, 5.74) is 2.51. The third-order valence-electron chi connectivity index (χ3n) is 4.50. The number of hydrogen-bond acceptors (Lipinski definition) is 3. The summed E-state index contributed by atoms with van der Waals surface area (Å²) in [5.74, 6) is 0.953. The molecular formula is C21H28NO3+. The minimum atomic E-state index is 0.588. The molecule has 1 heterocycles. The van der Waals surface area contributed by atoms with E-state index in [0.29, 0.717) is 13.2 Å². The molecule has 0 spiro atoms. The number of morpholine rings is 1. The normalized spacial score (nSPS) is 15.2. The van der Waals surface area contributed by atoms with Crippen LogP contribution in [0.1, 0.15) is 11.1 Å². The molecule has 3 rings (SSSR count). The van der Waals surface area contributed by atoms with Gasteiger partial charge in [-0.1, -0.05) is 48.5 Å². The van der Waals surface area contributed by atoms with Crippen molar-refractivity contribution in [1.29, 1.82) is 0 Å². The van der Waals surface area contributed by atoms with E-state index in [1.807, 2.05) is 18.2 Å². The lowest BCUT2D eigenvalue weighted by Crippen LogP contribution is -3.14. The topological polar surface area (TPSA) is 32.1 Å². The van der Waals surface area contributed by atoms with Crippen LogP contribution in [0.5, 0.6) is 5.75 Å². The van der Waals surface area contributed by atoms with Crippen LogP contribution in [0, 0.1) is 0 Å². The van der Waals surface area contributed by atoms with Crippen LogP contribution < -0.4 is 9.64 Å². The van der Waals surface area contributed by atoms with E-state index >= 15 is 0 Å². The van der Waals surface area contributed by atoms with Crippen molar-refractivity contribution < 1.29 is 19.1 Å². The van der Waals surface area contributed by atoms with Crippen molar-refractivity contribution in [3.05, 3.63) is 65.7 Å². The zero-order valence-corrected chi connectivity index (χ0v) is 14.8. The highest BCUT2D eigenvalue weighted by atomic mass is 16.5. The minimum absolute atomic E-state index is 0.588. The summed E-state index contributed by atoms with van der Waals surface area (Å²) >= 11 is 0. The van der Waals surface area contributed by atoms with Crippen molar-refractivity contribution >= 4 is 0 Å². The lowest BCUT2D eigenvalue weighted by molar-refractivity contribution is -0.908. The summed E-state index contributed by atoms with van der Waals surface area (Å²) in [7, 11) is 0. The monoisotopic (exact) mass is 342 g/mol. The van der Waals surface area contributed by atoms with Gasteiger partial charge in [0, 0.05) is 6.42 Å². The first kappa shape index (κ1) is 17.9. The van der Waals surface area contributed by atoms with Gasteiger partial charge in [-0.3, -0.25) is 0 Å². The van der Waals surface area contributed by atoms with Crippen LogP contribution in [0.2, 0.25) is 0 Å². The van der Waals surface area contributed by atoms with Gasteiger partial charge < -0.3 is 19.1 Å². The number of quaternary nitrogens is 1.